The van der Waals surface area contributed by atoms with Gasteiger partial charge in [-0.3, -0.25) is 9.78 Å². The number of carbonyl (C=O) groups excluding carboxylic acids is 1. The van der Waals surface area contributed by atoms with Crippen molar-refractivity contribution >= 4 is 46.8 Å². The van der Waals surface area contributed by atoms with Gasteiger partial charge < -0.3 is 5.32 Å². The zero-order valence-corrected chi connectivity index (χ0v) is 22.3. The van der Waals surface area contributed by atoms with Crippen molar-refractivity contribution in [3.63, 3.8) is 0 Å². The topological polar surface area (TPSA) is 42.0 Å². The Balaban J connectivity index is 1.65. The molecule has 0 radical (unpaired) electrons. The molecule has 3 nitrogen and oxygen atoms in total. The van der Waals surface area contributed by atoms with Gasteiger partial charge in [-0.1, -0.05) is 59.1 Å². The summed E-state index contributed by atoms with van der Waals surface area (Å²) in [4.78, 5) is 17.1. The van der Waals surface area contributed by atoms with Gasteiger partial charge in [-0.25, -0.2) is 0 Å². The van der Waals surface area contributed by atoms with Crippen LogP contribution in [0.5, 0.6) is 0 Å². The number of amides is 1. The molecule has 1 aromatic heterocycles. The molecular formula is C27H19Cl3F6N2O. The van der Waals surface area contributed by atoms with Crippen LogP contribution in [0, 0.1) is 6.92 Å². The fourth-order valence-electron chi connectivity index (χ4n) is 4.12. The average molecular weight is 608 g/mol. The highest BCUT2D eigenvalue weighted by molar-refractivity contribution is 6.48. The first-order valence-corrected chi connectivity index (χ1v) is 12.6. The molecule has 1 atom stereocenters. The molecule has 1 N–H and O–H groups in total. The van der Waals surface area contributed by atoms with Crippen molar-refractivity contribution in [1.82, 2.24) is 10.3 Å². The number of halogens is 9. The average Bonchev–Trinajstić information content (AvgIpc) is 3.61. The molecule has 0 spiro atoms. The Morgan fingerprint density at radius 3 is 2.15 bits per heavy atom. The summed E-state index contributed by atoms with van der Waals surface area (Å²) in [7, 11) is 0. The Morgan fingerprint density at radius 2 is 1.64 bits per heavy atom. The van der Waals surface area contributed by atoms with E-state index >= 15 is 0 Å². The number of hydrogen-bond donors (Lipinski definition) is 1. The first-order chi connectivity index (χ1) is 18.1. The lowest BCUT2D eigenvalue weighted by Crippen LogP contribution is -2.36. The number of benzene rings is 2. The molecule has 1 amide bonds. The predicted octanol–water partition coefficient (Wildman–Crippen LogP) is 9.15. The van der Waals surface area contributed by atoms with Crippen molar-refractivity contribution in [3.05, 3.63) is 103 Å². The molecule has 206 valence electrons. The summed E-state index contributed by atoms with van der Waals surface area (Å²) in [6.07, 6.45) is -5.54. The second-order valence-electron chi connectivity index (χ2n) is 9.20. The molecule has 1 unspecified atom stereocenters. The Hall–Kier alpha value is -2.75. The van der Waals surface area contributed by atoms with Crippen LogP contribution in [0.3, 0.4) is 0 Å². The van der Waals surface area contributed by atoms with Gasteiger partial charge in [0.25, 0.3) is 5.91 Å². The lowest BCUT2D eigenvalue weighted by atomic mass is 9.96. The lowest BCUT2D eigenvalue weighted by Gasteiger charge is -2.20. The monoisotopic (exact) mass is 606 g/mol. The molecule has 12 heteroatoms. The first kappa shape index (κ1) is 29.2. The SMILES string of the molecule is Cc1ccc(C2(NC(=O)c3ccc(/C=C/C(c4cc(Cl)c(Cl)c(Cl)c4)C(F)(F)F)cc3C(F)(F)F)CC2)cn1. The second-order valence-corrected chi connectivity index (χ2v) is 10.4. The van der Waals surface area contributed by atoms with Crippen LogP contribution < -0.4 is 5.32 Å². The summed E-state index contributed by atoms with van der Waals surface area (Å²) >= 11 is 17.6. The quantitative estimate of drug-likeness (QED) is 0.224. The summed E-state index contributed by atoms with van der Waals surface area (Å²) in [5.74, 6) is -3.19. The number of nitrogens with zero attached hydrogens (tertiary/aromatic N) is 1. The number of aryl methyl sites for hydroxylation is 1. The van der Waals surface area contributed by atoms with Gasteiger partial charge in [0.15, 0.2) is 0 Å². The number of hydrogen-bond acceptors (Lipinski definition) is 2. The predicted molar refractivity (Wildman–Crippen MR) is 138 cm³/mol. The van der Waals surface area contributed by atoms with Crippen molar-refractivity contribution < 1.29 is 31.1 Å². The van der Waals surface area contributed by atoms with Crippen LogP contribution in [0.25, 0.3) is 6.08 Å². The van der Waals surface area contributed by atoms with E-state index in [1.54, 1.807) is 25.3 Å². The van der Waals surface area contributed by atoms with Crippen molar-refractivity contribution in [2.75, 3.05) is 0 Å². The molecule has 1 aliphatic carbocycles. The van der Waals surface area contributed by atoms with Gasteiger partial charge in [0, 0.05) is 11.9 Å². The highest BCUT2D eigenvalue weighted by Gasteiger charge is 2.47. The van der Waals surface area contributed by atoms with Crippen LogP contribution in [0.15, 0.2) is 54.7 Å². The van der Waals surface area contributed by atoms with E-state index in [1.807, 2.05) is 0 Å². The Kier molecular flexibility index (Phi) is 8.00. The zero-order chi connectivity index (χ0) is 28.8. The van der Waals surface area contributed by atoms with Gasteiger partial charge in [-0.05, 0) is 66.8 Å². The Bertz CT molecular complexity index is 1410. The number of carbonyl (C=O) groups is 1. The maximum absolute atomic E-state index is 13.9. The first-order valence-electron chi connectivity index (χ1n) is 11.5. The van der Waals surface area contributed by atoms with Gasteiger partial charge in [0.05, 0.1) is 37.7 Å². The molecule has 0 aliphatic heterocycles. The number of alkyl halides is 6. The summed E-state index contributed by atoms with van der Waals surface area (Å²) in [5, 5.41) is 2.15. The van der Waals surface area contributed by atoms with Gasteiger partial charge >= 0.3 is 12.4 Å². The maximum Gasteiger partial charge on any atom is 0.417 e. The number of aromatic nitrogens is 1. The van der Waals surface area contributed by atoms with Crippen LogP contribution >= 0.6 is 34.8 Å². The Labute approximate surface area is 234 Å². The van der Waals surface area contributed by atoms with Gasteiger partial charge in [0.1, 0.15) is 0 Å². The molecule has 0 bridgehead atoms. The van der Waals surface area contributed by atoms with Crippen molar-refractivity contribution in [1.29, 1.82) is 0 Å². The van der Waals surface area contributed by atoms with Crippen molar-refractivity contribution in [2.24, 2.45) is 0 Å². The van der Waals surface area contributed by atoms with E-state index in [1.165, 1.54) is 0 Å². The van der Waals surface area contributed by atoms with E-state index in [2.05, 4.69) is 10.3 Å². The molecule has 1 fully saturated rings. The van der Waals surface area contributed by atoms with E-state index in [-0.39, 0.29) is 26.2 Å². The highest BCUT2D eigenvalue weighted by Crippen LogP contribution is 2.46. The van der Waals surface area contributed by atoms with Gasteiger partial charge in [0.2, 0.25) is 0 Å². The summed E-state index contributed by atoms with van der Waals surface area (Å²) in [6, 6.07) is 8.20. The molecule has 39 heavy (non-hydrogen) atoms. The molecule has 0 saturated heterocycles. The third-order valence-corrected chi connectivity index (χ3v) is 7.56. The van der Waals surface area contributed by atoms with E-state index in [0.717, 1.165) is 36.0 Å². The van der Waals surface area contributed by atoms with E-state index in [9.17, 15) is 31.1 Å². The minimum Gasteiger partial charge on any atom is -0.342 e. The Morgan fingerprint density at radius 1 is 1.00 bits per heavy atom. The van der Waals surface area contributed by atoms with E-state index in [4.69, 9.17) is 34.8 Å². The molecular weight excluding hydrogens is 589 g/mol. The van der Waals surface area contributed by atoms with Crippen molar-refractivity contribution in [3.8, 4) is 0 Å². The molecule has 2 aromatic carbocycles. The van der Waals surface area contributed by atoms with Crippen LogP contribution in [0.1, 0.15) is 57.1 Å². The molecule has 3 aromatic rings. The number of allylic oxidation sites excluding steroid dienone is 1. The summed E-state index contributed by atoms with van der Waals surface area (Å²) < 4.78 is 83.3. The molecule has 1 heterocycles. The molecule has 4 rings (SSSR count). The fourth-order valence-corrected chi connectivity index (χ4v) is 4.73. The summed E-state index contributed by atoms with van der Waals surface area (Å²) in [5.41, 5.74) is -1.85. The van der Waals surface area contributed by atoms with Gasteiger partial charge in [-0.2, -0.15) is 26.3 Å². The number of nitrogens with one attached hydrogen (secondary N) is 1. The maximum atomic E-state index is 13.9. The third kappa shape index (κ3) is 6.53. The van der Waals surface area contributed by atoms with Crippen LogP contribution in [-0.2, 0) is 11.7 Å². The smallest absolute Gasteiger partial charge is 0.342 e. The zero-order valence-electron chi connectivity index (χ0n) is 20.0. The fraction of sp³-hybridized carbons (Fsp3) is 0.259. The standard InChI is InChI=1S/C27H19Cl3F6N2O/c1-14-2-5-17(13-37-14)25(8-9-25)38-24(39)18-6-3-15(10-20(18)27(34,35)36)4-7-19(26(31,32)33)16-11-21(28)23(30)22(29)12-16/h2-7,10-13,19H,8-9H2,1H3,(H,38,39)/b7-4+. The van der Waals surface area contributed by atoms with Crippen LogP contribution in [0.4, 0.5) is 26.3 Å². The van der Waals surface area contributed by atoms with Crippen LogP contribution in [-0.4, -0.2) is 17.1 Å². The second kappa shape index (κ2) is 10.7. The number of rotatable bonds is 6. The normalized spacial score (nSPS) is 15.8. The van der Waals surface area contributed by atoms with Gasteiger partial charge in [-0.15, -0.1) is 0 Å². The third-order valence-electron chi connectivity index (χ3n) is 6.36. The highest BCUT2D eigenvalue weighted by atomic mass is 35.5. The van der Waals surface area contributed by atoms with Crippen LogP contribution in [0.2, 0.25) is 15.1 Å². The minimum absolute atomic E-state index is 0.123. The lowest BCUT2D eigenvalue weighted by molar-refractivity contribution is -0.139. The summed E-state index contributed by atoms with van der Waals surface area (Å²) in [6.45, 7) is 1.78. The number of pyridine rings is 1. The van der Waals surface area contributed by atoms with Crippen molar-refractivity contribution in [2.45, 2.75) is 43.6 Å². The minimum atomic E-state index is -4.95. The molecule has 1 aliphatic rings. The molecule has 1 saturated carbocycles. The van der Waals surface area contributed by atoms with E-state index in [0.29, 0.717) is 30.5 Å². The largest absolute Gasteiger partial charge is 0.417 e. The van der Waals surface area contributed by atoms with E-state index < -0.39 is 40.8 Å².